The molecule has 1 aromatic carbocycles. The Morgan fingerprint density at radius 2 is 2.18 bits per heavy atom. The van der Waals surface area contributed by atoms with Crippen molar-refractivity contribution in [1.82, 2.24) is 0 Å². The first-order valence-corrected chi connectivity index (χ1v) is 5.21. The third-order valence-electron chi connectivity index (χ3n) is 2.07. The third kappa shape index (κ3) is 3.29. The lowest BCUT2D eigenvalue weighted by atomic mass is 10.1. The van der Waals surface area contributed by atoms with E-state index >= 15 is 0 Å². The van der Waals surface area contributed by atoms with Gasteiger partial charge in [-0.25, -0.2) is 0 Å². The van der Waals surface area contributed by atoms with E-state index in [2.05, 4.69) is 5.32 Å². The van der Waals surface area contributed by atoms with E-state index in [0.717, 1.165) is 0 Å². The number of halogens is 1. The van der Waals surface area contributed by atoms with Gasteiger partial charge in [-0.05, 0) is 31.6 Å². The second-order valence-electron chi connectivity index (χ2n) is 3.36. The summed E-state index contributed by atoms with van der Waals surface area (Å²) in [6.45, 7) is 3.38. The summed E-state index contributed by atoms with van der Waals surface area (Å²) in [5.74, 6) is -0.305. The van der Waals surface area contributed by atoms with Crippen molar-refractivity contribution < 1.29 is 9.72 Å². The van der Waals surface area contributed by atoms with Crippen LogP contribution in [-0.2, 0) is 4.79 Å². The van der Waals surface area contributed by atoms with Crippen LogP contribution < -0.4 is 5.32 Å². The summed E-state index contributed by atoms with van der Waals surface area (Å²) in [4.78, 5) is 21.4. The number of rotatable bonds is 3. The highest BCUT2D eigenvalue weighted by Gasteiger charge is 2.15. The van der Waals surface area contributed by atoms with Crippen molar-refractivity contribution in [2.45, 2.75) is 13.8 Å². The Morgan fingerprint density at radius 3 is 2.71 bits per heavy atom. The molecule has 0 unspecified atom stereocenters. The van der Waals surface area contributed by atoms with E-state index in [1.165, 1.54) is 18.2 Å². The first kappa shape index (κ1) is 13.2. The number of nitrogens with one attached hydrogen (secondary N) is 1. The molecule has 0 aromatic heterocycles. The summed E-state index contributed by atoms with van der Waals surface area (Å²) in [5.41, 5.74) is 0.871. The summed E-state index contributed by atoms with van der Waals surface area (Å²) < 4.78 is 0. The molecule has 1 amide bonds. The molecule has 0 aliphatic heterocycles. The molecule has 0 saturated carbocycles. The largest absolute Gasteiger partial charge is 0.322 e. The minimum atomic E-state index is -0.563. The molecule has 1 N–H and O–H groups in total. The lowest BCUT2D eigenvalue weighted by Crippen LogP contribution is -2.09. The molecule has 1 rings (SSSR count). The number of benzene rings is 1. The molecule has 0 spiro atoms. The van der Waals surface area contributed by atoms with Crippen molar-refractivity contribution in [1.29, 1.82) is 0 Å². The number of allylic oxidation sites excluding steroid dienone is 1. The zero-order valence-electron chi connectivity index (χ0n) is 9.36. The maximum Gasteiger partial charge on any atom is 0.288 e. The SMILES string of the molecule is C/C=C/C(=O)Nc1cc(Cl)c([N+](=O)[O-])cc1C. The molecule has 0 aliphatic carbocycles. The molecular formula is C11H11ClN2O3. The summed E-state index contributed by atoms with van der Waals surface area (Å²) >= 11 is 5.75. The predicted octanol–water partition coefficient (Wildman–Crippen LogP) is 3.07. The highest BCUT2D eigenvalue weighted by Crippen LogP contribution is 2.30. The molecule has 0 radical (unpaired) electrons. The Morgan fingerprint density at radius 1 is 1.53 bits per heavy atom. The average Bonchev–Trinajstić information content (AvgIpc) is 2.22. The summed E-state index contributed by atoms with van der Waals surface area (Å²) in [6, 6.07) is 2.70. The van der Waals surface area contributed by atoms with Gasteiger partial charge in [0.05, 0.1) is 4.92 Å². The van der Waals surface area contributed by atoms with E-state index in [1.807, 2.05) is 0 Å². The fourth-order valence-corrected chi connectivity index (χ4v) is 1.50. The van der Waals surface area contributed by atoms with Crippen LogP contribution in [0.5, 0.6) is 0 Å². The van der Waals surface area contributed by atoms with Gasteiger partial charge >= 0.3 is 0 Å². The molecule has 0 fully saturated rings. The van der Waals surface area contributed by atoms with Gasteiger partial charge in [0.15, 0.2) is 0 Å². The molecule has 90 valence electrons. The molecular weight excluding hydrogens is 244 g/mol. The normalized spacial score (nSPS) is 10.5. The first-order chi connectivity index (χ1) is 7.95. The number of anilines is 1. The molecule has 0 aliphatic rings. The number of amides is 1. The van der Waals surface area contributed by atoms with Crippen LogP contribution in [0.4, 0.5) is 11.4 Å². The Hall–Kier alpha value is -1.88. The molecule has 1 aromatic rings. The van der Waals surface area contributed by atoms with Crippen LogP contribution in [0.1, 0.15) is 12.5 Å². The van der Waals surface area contributed by atoms with Gasteiger partial charge < -0.3 is 5.32 Å². The Bertz CT molecular complexity index is 498. The summed E-state index contributed by atoms with van der Waals surface area (Å²) in [6.07, 6.45) is 2.95. The summed E-state index contributed by atoms with van der Waals surface area (Å²) in [5, 5.41) is 13.2. The second kappa shape index (κ2) is 5.45. The van der Waals surface area contributed by atoms with E-state index in [4.69, 9.17) is 11.6 Å². The number of hydrogen-bond donors (Lipinski definition) is 1. The monoisotopic (exact) mass is 254 g/mol. The number of nitrogens with zero attached hydrogens (tertiary/aromatic N) is 1. The van der Waals surface area contributed by atoms with Gasteiger partial charge in [-0.15, -0.1) is 0 Å². The minimum Gasteiger partial charge on any atom is -0.322 e. The lowest BCUT2D eigenvalue weighted by molar-refractivity contribution is -0.384. The van der Waals surface area contributed by atoms with Gasteiger partial charge in [0, 0.05) is 11.8 Å². The molecule has 17 heavy (non-hydrogen) atoms. The quantitative estimate of drug-likeness (QED) is 0.512. The van der Waals surface area contributed by atoms with E-state index < -0.39 is 4.92 Å². The number of nitro groups is 1. The lowest BCUT2D eigenvalue weighted by Gasteiger charge is -2.07. The van der Waals surface area contributed by atoms with Crippen LogP contribution in [0.25, 0.3) is 0 Å². The fourth-order valence-electron chi connectivity index (χ4n) is 1.27. The Labute approximate surface area is 103 Å². The smallest absolute Gasteiger partial charge is 0.288 e. The summed E-state index contributed by atoms with van der Waals surface area (Å²) in [7, 11) is 0. The van der Waals surface area contributed by atoms with Gasteiger partial charge in [-0.2, -0.15) is 0 Å². The molecule has 5 nitrogen and oxygen atoms in total. The molecule has 0 bridgehead atoms. The maximum absolute atomic E-state index is 11.3. The fraction of sp³-hybridized carbons (Fsp3) is 0.182. The third-order valence-corrected chi connectivity index (χ3v) is 2.37. The van der Waals surface area contributed by atoms with Crippen LogP contribution in [0.15, 0.2) is 24.3 Å². The van der Waals surface area contributed by atoms with E-state index in [-0.39, 0.29) is 16.6 Å². The molecule has 0 atom stereocenters. The van der Waals surface area contributed by atoms with Crippen LogP contribution in [-0.4, -0.2) is 10.8 Å². The van der Waals surface area contributed by atoms with E-state index in [1.54, 1.807) is 19.9 Å². The van der Waals surface area contributed by atoms with Crippen LogP contribution in [0.2, 0.25) is 5.02 Å². The maximum atomic E-state index is 11.3. The highest BCUT2D eigenvalue weighted by atomic mass is 35.5. The Balaban J connectivity index is 3.07. The minimum absolute atomic E-state index is 0.00335. The van der Waals surface area contributed by atoms with Crippen molar-refractivity contribution in [2.24, 2.45) is 0 Å². The highest BCUT2D eigenvalue weighted by molar-refractivity contribution is 6.33. The van der Waals surface area contributed by atoms with Gasteiger partial charge in [0.2, 0.25) is 5.91 Å². The number of carbonyl (C=O) groups is 1. The van der Waals surface area contributed by atoms with E-state index in [0.29, 0.717) is 11.3 Å². The van der Waals surface area contributed by atoms with Crippen molar-refractivity contribution in [2.75, 3.05) is 5.32 Å². The van der Waals surface area contributed by atoms with Gasteiger partial charge in [0.1, 0.15) is 5.02 Å². The van der Waals surface area contributed by atoms with Crippen LogP contribution in [0.3, 0.4) is 0 Å². The Kier molecular flexibility index (Phi) is 4.23. The number of nitro benzene ring substituents is 1. The van der Waals surface area contributed by atoms with Crippen LogP contribution in [0, 0.1) is 17.0 Å². The molecule has 6 heteroatoms. The van der Waals surface area contributed by atoms with Crippen molar-refractivity contribution >= 4 is 28.9 Å². The van der Waals surface area contributed by atoms with Gasteiger partial charge in [-0.3, -0.25) is 14.9 Å². The first-order valence-electron chi connectivity index (χ1n) is 4.84. The van der Waals surface area contributed by atoms with E-state index in [9.17, 15) is 14.9 Å². The average molecular weight is 255 g/mol. The standard InChI is InChI=1S/C11H11ClN2O3/c1-3-4-11(15)13-9-6-8(12)10(14(16)17)5-7(9)2/h3-6H,1-2H3,(H,13,15)/b4-3+. The second-order valence-corrected chi connectivity index (χ2v) is 3.77. The zero-order chi connectivity index (χ0) is 13.0. The zero-order valence-corrected chi connectivity index (χ0v) is 10.1. The predicted molar refractivity (Wildman–Crippen MR) is 66.3 cm³/mol. The van der Waals surface area contributed by atoms with Crippen molar-refractivity contribution in [3.63, 3.8) is 0 Å². The number of carbonyl (C=O) groups excluding carboxylic acids is 1. The van der Waals surface area contributed by atoms with Gasteiger partial charge in [0.25, 0.3) is 5.69 Å². The van der Waals surface area contributed by atoms with Crippen LogP contribution >= 0.6 is 11.6 Å². The number of aryl methyl sites for hydroxylation is 1. The topological polar surface area (TPSA) is 72.2 Å². The number of hydrogen-bond acceptors (Lipinski definition) is 3. The van der Waals surface area contributed by atoms with Gasteiger partial charge in [-0.1, -0.05) is 17.7 Å². The van der Waals surface area contributed by atoms with Crippen molar-refractivity contribution in [3.8, 4) is 0 Å². The molecule has 0 heterocycles. The molecule has 0 saturated heterocycles. The van der Waals surface area contributed by atoms with Crippen molar-refractivity contribution in [3.05, 3.63) is 45.0 Å².